The van der Waals surface area contributed by atoms with Crippen LogP contribution in [0, 0.1) is 0 Å². The molecule has 0 spiro atoms. The second-order valence-electron chi connectivity index (χ2n) is 11.1. The number of aliphatic carboxylic acids is 1. The van der Waals surface area contributed by atoms with Crippen LogP contribution in [0.4, 0.5) is 25.8 Å². The zero-order valence-corrected chi connectivity index (χ0v) is 27.1. The zero-order valence-electron chi connectivity index (χ0n) is 25.4. The number of amides is 6. The van der Waals surface area contributed by atoms with Crippen LogP contribution in [-0.4, -0.2) is 64.1 Å². The number of carbonyl (C=O) groups is 7. The van der Waals surface area contributed by atoms with E-state index in [0.29, 0.717) is 38.9 Å². The van der Waals surface area contributed by atoms with Crippen LogP contribution >= 0.6 is 23.5 Å². The third kappa shape index (κ3) is 8.05. The van der Waals surface area contributed by atoms with Gasteiger partial charge in [-0.05, 0) is 91.8 Å². The molecule has 17 heteroatoms. The first-order chi connectivity index (χ1) is 22.7. The number of anilines is 2. The van der Waals surface area contributed by atoms with Crippen molar-refractivity contribution in [3.63, 3.8) is 0 Å². The number of imide groups is 2. The average molecular weight is 695 g/mol. The van der Waals surface area contributed by atoms with Gasteiger partial charge in [0.1, 0.15) is 24.2 Å². The fourth-order valence-corrected chi connectivity index (χ4v) is 5.75. The van der Waals surface area contributed by atoms with Gasteiger partial charge in [-0.25, -0.2) is 9.69 Å². The van der Waals surface area contributed by atoms with Crippen molar-refractivity contribution in [3.8, 4) is 11.5 Å². The van der Waals surface area contributed by atoms with Gasteiger partial charge < -0.3 is 19.3 Å². The predicted molar refractivity (Wildman–Crippen MR) is 175 cm³/mol. The lowest BCUT2D eigenvalue weighted by molar-refractivity contribution is -0.137. The maximum atomic E-state index is 12.4. The molecule has 0 aliphatic carbocycles. The number of carboxylic acids is 1. The first-order valence-corrected chi connectivity index (χ1v) is 15.6. The molecule has 0 bridgehead atoms. The van der Waals surface area contributed by atoms with Crippen LogP contribution in [0.5, 0.6) is 11.5 Å². The molecule has 15 nitrogen and oxygen atoms in total. The summed E-state index contributed by atoms with van der Waals surface area (Å²) < 4.78 is 16.1. The first kappa shape index (κ1) is 33.8. The van der Waals surface area contributed by atoms with E-state index in [4.69, 9.17) is 19.3 Å². The number of carbonyl (C=O) groups excluding carboxylic acids is 6. The lowest BCUT2D eigenvalue weighted by atomic mass is 10.1. The fraction of sp³-hybridized carbons (Fsp3) is 0.194. The number of fused-ring (bicyclic) bond motifs is 2. The molecule has 248 valence electrons. The van der Waals surface area contributed by atoms with E-state index in [0.717, 1.165) is 28.4 Å². The number of nitrogens with zero attached hydrogens (tertiary/aromatic N) is 2. The molecular formula is C31H26N4O11S2. The normalized spacial score (nSPS) is 18.4. The zero-order chi connectivity index (χ0) is 34.7. The van der Waals surface area contributed by atoms with Crippen LogP contribution in [0.1, 0.15) is 31.9 Å². The van der Waals surface area contributed by atoms with Crippen molar-refractivity contribution in [2.45, 2.75) is 26.4 Å². The molecule has 0 unspecified atom stereocenters. The molecule has 2 aromatic carbocycles. The fourth-order valence-electron chi connectivity index (χ4n) is 4.39. The van der Waals surface area contributed by atoms with Crippen LogP contribution in [0.25, 0.3) is 12.2 Å². The Morgan fingerprint density at radius 2 is 1.46 bits per heavy atom. The Morgan fingerprint density at radius 3 is 1.98 bits per heavy atom. The molecule has 6 amide bonds. The van der Waals surface area contributed by atoms with E-state index < -0.39 is 52.4 Å². The monoisotopic (exact) mass is 694 g/mol. The number of thioether (sulfide) groups is 2. The lowest BCUT2D eigenvalue weighted by Crippen LogP contribution is -2.41. The molecule has 2 saturated heterocycles. The number of hydrogen-bond acceptors (Lipinski definition) is 12. The maximum Gasteiger partial charge on any atom is 0.419 e. The van der Waals surface area contributed by atoms with E-state index in [-0.39, 0.29) is 11.5 Å². The van der Waals surface area contributed by atoms with Crippen molar-refractivity contribution < 1.29 is 52.9 Å². The van der Waals surface area contributed by atoms with Crippen LogP contribution in [-0.2, 0) is 23.9 Å². The topological polar surface area (TPSA) is 198 Å². The summed E-state index contributed by atoms with van der Waals surface area (Å²) in [6, 6.07) is 9.88. The number of ether oxygens (including phenoxy) is 3. The van der Waals surface area contributed by atoms with E-state index in [1.807, 2.05) is 0 Å². The Bertz CT molecular complexity index is 1860. The SMILES string of the molecule is CC(C)(C)OC(=O)N1C=COc2ccc(C=C3SC(=O)NC3=O)cc21.O=C(O)CN1C(=O)COc2ccc(C=C3SC(=O)NC3=O)cc21. The molecule has 2 fully saturated rings. The predicted octanol–water partition coefficient (Wildman–Crippen LogP) is 4.44. The Labute approximate surface area is 280 Å². The Morgan fingerprint density at radius 1 is 0.896 bits per heavy atom. The summed E-state index contributed by atoms with van der Waals surface area (Å²) in [6.07, 6.45) is 5.39. The molecule has 3 N–H and O–H groups in total. The molecule has 0 saturated carbocycles. The number of rotatable bonds is 4. The average Bonchev–Trinajstić information content (AvgIpc) is 3.50. The minimum Gasteiger partial charge on any atom is -0.482 e. The highest BCUT2D eigenvalue weighted by molar-refractivity contribution is 8.18. The lowest BCUT2D eigenvalue weighted by Gasteiger charge is -2.28. The second kappa shape index (κ2) is 13.7. The van der Waals surface area contributed by atoms with E-state index in [9.17, 15) is 33.6 Å². The highest BCUT2D eigenvalue weighted by Gasteiger charge is 2.30. The summed E-state index contributed by atoms with van der Waals surface area (Å²) in [5.74, 6) is -1.68. The number of nitrogens with one attached hydrogen (secondary N) is 2. The van der Waals surface area contributed by atoms with E-state index in [1.54, 1.807) is 63.2 Å². The summed E-state index contributed by atoms with van der Waals surface area (Å²) in [7, 11) is 0. The molecule has 4 aliphatic rings. The van der Waals surface area contributed by atoms with Gasteiger partial charge >= 0.3 is 12.1 Å². The van der Waals surface area contributed by atoms with Gasteiger partial charge in [0.05, 0.1) is 27.4 Å². The Kier molecular flexibility index (Phi) is 9.62. The Balaban J connectivity index is 0.000000188. The third-order valence-corrected chi connectivity index (χ3v) is 7.96. The maximum absolute atomic E-state index is 12.4. The Hall–Kier alpha value is -5.55. The smallest absolute Gasteiger partial charge is 0.419 e. The molecule has 0 atom stereocenters. The molecule has 2 aromatic rings. The van der Waals surface area contributed by atoms with Crippen molar-refractivity contribution in [2.24, 2.45) is 0 Å². The van der Waals surface area contributed by atoms with Crippen LogP contribution in [0.2, 0.25) is 0 Å². The minimum atomic E-state index is -1.15. The quantitative estimate of drug-likeness (QED) is 0.380. The number of hydrogen-bond donors (Lipinski definition) is 3. The van der Waals surface area contributed by atoms with Gasteiger partial charge in [0.15, 0.2) is 12.4 Å². The largest absolute Gasteiger partial charge is 0.482 e. The highest BCUT2D eigenvalue weighted by Crippen LogP contribution is 2.37. The molecule has 0 aromatic heterocycles. The van der Waals surface area contributed by atoms with Gasteiger partial charge in [-0.3, -0.25) is 44.3 Å². The summed E-state index contributed by atoms with van der Waals surface area (Å²) in [5.41, 5.74) is 1.36. The summed E-state index contributed by atoms with van der Waals surface area (Å²) >= 11 is 1.61. The highest BCUT2D eigenvalue weighted by atomic mass is 32.2. The third-order valence-electron chi connectivity index (χ3n) is 6.34. The van der Waals surface area contributed by atoms with Crippen LogP contribution in [0.3, 0.4) is 0 Å². The van der Waals surface area contributed by atoms with E-state index in [2.05, 4.69) is 10.6 Å². The first-order valence-electron chi connectivity index (χ1n) is 13.9. The van der Waals surface area contributed by atoms with Gasteiger partial charge in [-0.2, -0.15) is 0 Å². The van der Waals surface area contributed by atoms with Crippen molar-refractivity contribution in [2.75, 3.05) is 23.0 Å². The van der Waals surface area contributed by atoms with Gasteiger partial charge in [-0.1, -0.05) is 12.1 Å². The second-order valence-corrected chi connectivity index (χ2v) is 13.1. The molecule has 4 heterocycles. The summed E-state index contributed by atoms with van der Waals surface area (Å²) in [5, 5.41) is 12.4. The van der Waals surface area contributed by atoms with Crippen molar-refractivity contribution >= 4 is 87.3 Å². The molecule has 48 heavy (non-hydrogen) atoms. The van der Waals surface area contributed by atoms with E-state index in [1.165, 1.54) is 23.4 Å². The molecule has 0 radical (unpaired) electrons. The van der Waals surface area contributed by atoms with Gasteiger partial charge in [-0.15, -0.1) is 0 Å². The van der Waals surface area contributed by atoms with Crippen LogP contribution in [0.15, 0.2) is 58.7 Å². The number of benzene rings is 2. The van der Waals surface area contributed by atoms with Gasteiger partial charge in [0.25, 0.3) is 28.2 Å². The summed E-state index contributed by atoms with van der Waals surface area (Å²) in [6.45, 7) is 4.63. The standard InChI is InChI=1S/C17H16N2O5S.C14H10N2O6S/c1-17(2,3)24-16(22)19-6-7-23-12-5-4-10(8-11(12)19)9-13-14(20)18-15(21)25-13;17-11-6-22-9-2-1-7(3-8(9)16(11)5-12(18)19)4-10-13(20)15-14(21)23-10/h4-9H,1-3H3,(H,18,20,21);1-4H,5-6H2,(H,18,19)(H,15,20,21). The molecule has 4 aliphatic heterocycles. The minimum absolute atomic E-state index is 0.225. The van der Waals surface area contributed by atoms with Crippen molar-refractivity contribution in [1.82, 2.24) is 10.6 Å². The van der Waals surface area contributed by atoms with Gasteiger partial charge in [0, 0.05) is 0 Å². The van der Waals surface area contributed by atoms with Crippen LogP contribution < -0.4 is 29.9 Å². The van der Waals surface area contributed by atoms with Crippen molar-refractivity contribution in [1.29, 1.82) is 0 Å². The molecular weight excluding hydrogens is 668 g/mol. The number of carboxylic acid groups (broad SMARTS) is 1. The van der Waals surface area contributed by atoms with Crippen molar-refractivity contribution in [3.05, 3.63) is 69.8 Å². The van der Waals surface area contributed by atoms with E-state index >= 15 is 0 Å². The molecule has 6 rings (SSSR count). The summed E-state index contributed by atoms with van der Waals surface area (Å²) in [4.78, 5) is 83.8. The van der Waals surface area contributed by atoms with Gasteiger partial charge in [0.2, 0.25) is 0 Å².